The second-order valence-corrected chi connectivity index (χ2v) is 14.1. The molecule has 2 saturated heterocycles. The molecule has 13 heteroatoms. The number of aliphatic hydroxyl groups excluding tert-OH is 3. The molecule has 1 aromatic carbocycles. The molecule has 1 aromatic heterocycles. The zero-order valence-corrected chi connectivity index (χ0v) is 29.5. The zero-order valence-electron chi connectivity index (χ0n) is 27.9. The van der Waals surface area contributed by atoms with Crippen LogP contribution >= 0.6 is 23.4 Å². The number of nitrogens with two attached hydrogens (primary N) is 1. The number of hydrogen-bond acceptors (Lipinski definition) is 11. The van der Waals surface area contributed by atoms with Crippen molar-refractivity contribution in [2.75, 3.05) is 38.8 Å². The van der Waals surface area contributed by atoms with E-state index in [0.717, 1.165) is 67.5 Å². The summed E-state index contributed by atoms with van der Waals surface area (Å²) in [4.78, 5) is 19.4. The number of likely N-dealkylation sites (N-methyl/N-ethyl adjacent to an activating group) is 1. The molecule has 11 nitrogen and oxygen atoms in total. The van der Waals surface area contributed by atoms with Crippen molar-refractivity contribution in [3.05, 3.63) is 30.5 Å². The Morgan fingerprint density at radius 1 is 1.26 bits per heavy atom. The average molecular weight is 684 g/mol. The molecule has 7 N–H and O–H groups in total. The Hall–Kier alpha value is -1.90. The van der Waals surface area contributed by atoms with E-state index in [1.54, 1.807) is 20.3 Å². The summed E-state index contributed by atoms with van der Waals surface area (Å²) >= 11 is 7.55. The van der Waals surface area contributed by atoms with E-state index in [9.17, 15) is 20.1 Å². The van der Waals surface area contributed by atoms with Crippen LogP contribution in [0.5, 0.6) is 5.75 Å². The van der Waals surface area contributed by atoms with Gasteiger partial charge in [0, 0.05) is 30.2 Å². The van der Waals surface area contributed by atoms with Gasteiger partial charge in [-0.25, -0.2) is 0 Å². The summed E-state index contributed by atoms with van der Waals surface area (Å²) in [5, 5.41) is 37.6. The number of anilines is 1. The first kappa shape index (κ1) is 38.5. The quantitative estimate of drug-likeness (QED) is 0.172. The van der Waals surface area contributed by atoms with Gasteiger partial charge in [-0.2, -0.15) is 0 Å². The fourth-order valence-corrected chi connectivity index (χ4v) is 7.15. The van der Waals surface area contributed by atoms with Crippen molar-refractivity contribution in [3.8, 4) is 5.75 Å². The predicted molar refractivity (Wildman–Crippen MR) is 187 cm³/mol. The van der Waals surface area contributed by atoms with Crippen LogP contribution in [-0.2, 0) is 9.53 Å². The molecular weight excluding hydrogens is 630 g/mol. The Morgan fingerprint density at radius 2 is 2.00 bits per heavy atom. The lowest BCUT2D eigenvalue weighted by Gasteiger charge is -2.44. The molecule has 4 rings (SSSR count). The van der Waals surface area contributed by atoms with Crippen molar-refractivity contribution < 1.29 is 29.6 Å². The number of alkyl halides is 1. The number of likely N-dealkylation sites (tertiary alicyclic amines) is 1. The molecule has 46 heavy (non-hydrogen) atoms. The molecule has 0 saturated carbocycles. The molecule has 0 spiro atoms. The highest BCUT2D eigenvalue weighted by atomic mass is 35.5. The van der Waals surface area contributed by atoms with Crippen molar-refractivity contribution in [1.29, 1.82) is 0 Å². The number of benzene rings is 1. The zero-order chi connectivity index (χ0) is 34.0. The number of aromatic nitrogens is 1. The van der Waals surface area contributed by atoms with Crippen LogP contribution in [0.3, 0.4) is 0 Å². The number of aliphatic hydroxyl groups is 3. The van der Waals surface area contributed by atoms with Gasteiger partial charge in [0.25, 0.3) is 0 Å². The van der Waals surface area contributed by atoms with Crippen LogP contribution in [0.4, 0.5) is 5.69 Å². The molecule has 2 aliphatic heterocycles. The van der Waals surface area contributed by atoms with Crippen LogP contribution in [0.2, 0.25) is 0 Å². The van der Waals surface area contributed by atoms with Gasteiger partial charge in [-0.05, 0) is 77.4 Å². The van der Waals surface area contributed by atoms with Crippen molar-refractivity contribution in [2.45, 2.75) is 106 Å². The van der Waals surface area contributed by atoms with Gasteiger partial charge in [0.15, 0.2) is 0 Å². The highest BCUT2D eigenvalue weighted by molar-refractivity contribution is 7.99. The molecular formula is C33H54ClN5O6S. The largest absolute Gasteiger partial charge is 0.497 e. The van der Waals surface area contributed by atoms with Crippen molar-refractivity contribution in [1.82, 2.24) is 15.2 Å². The van der Waals surface area contributed by atoms with E-state index in [4.69, 9.17) is 26.8 Å². The van der Waals surface area contributed by atoms with Crippen LogP contribution < -0.4 is 21.1 Å². The third kappa shape index (κ3) is 10.1. The van der Waals surface area contributed by atoms with E-state index in [1.165, 1.54) is 11.8 Å². The summed E-state index contributed by atoms with van der Waals surface area (Å²) in [6, 6.07) is 7.40. The van der Waals surface area contributed by atoms with Gasteiger partial charge in [-0.15, -0.1) is 23.4 Å². The van der Waals surface area contributed by atoms with Crippen LogP contribution in [0.1, 0.15) is 52.9 Å². The molecule has 3 heterocycles. The second kappa shape index (κ2) is 18.6. The summed E-state index contributed by atoms with van der Waals surface area (Å²) < 4.78 is 11.1. The minimum Gasteiger partial charge on any atom is -0.497 e. The Bertz CT molecular complexity index is 1230. The molecule has 0 radical (unpaired) electrons. The number of nitrogens with one attached hydrogen (secondary N) is 2. The summed E-state index contributed by atoms with van der Waals surface area (Å²) in [5.74, 6) is 1.19. The van der Waals surface area contributed by atoms with Crippen molar-refractivity contribution in [2.24, 2.45) is 11.7 Å². The number of rotatable bonds is 13. The van der Waals surface area contributed by atoms with E-state index in [2.05, 4.69) is 29.5 Å². The number of fused-ring (bicyclic) bond motifs is 1. The molecule has 2 aliphatic rings. The normalized spacial score (nSPS) is 28.5. The van der Waals surface area contributed by atoms with Gasteiger partial charge in [0.05, 0.1) is 35.8 Å². The molecule has 0 aliphatic carbocycles. The Balaban J connectivity index is 0.000000266. The number of carbonyl (C=O) groups excluding carboxylic acids is 1. The summed E-state index contributed by atoms with van der Waals surface area (Å²) in [5.41, 5.74) is 6.83. The number of amides is 1. The van der Waals surface area contributed by atoms with Gasteiger partial charge in [0.2, 0.25) is 5.91 Å². The lowest BCUT2D eigenvalue weighted by atomic mass is 9.92. The number of thioether (sulfide) groups is 1. The van der Waals surface area contributed by atoms with Crippen LogP contribution in [0.15, 0.2) is 30.5 Å². The van der Waals surface area contributed by atoms with E-state index in [1.807, 2.05) is 42.4 Å². The monoisotopic (exact) mass is 683 g/mol. The maximum atomic E-state index is 12.9. The van der Waals surface area contributed by atoms with E-state index in [-0.39, 0.29) is 11.9 Å². The fraction of sp³-hybridized carbons (Fsp3) is 0.697. The van der Waals surface area contributed by atoms with Crippen molar-refractivity contribution >= 4 is 45.9 Å². The molecule has 1 amide bonds. The first-order valence-corrected chi connectivity index (χ1v) is 17.9. The third-order valence-electron chi connectivity index (χ3n) is 8.79. The SMILES string of the molecule is CCC[C@@H]1C[C@@H](C(=O)N[C@@H]([C@H]2O[C@H](SC)[C@H](O)[C@@H](O)[C@H]2O)[C@H](C)Cl)N(C)C1.COc1cc(NC(C)CCCN)c2ncccc2c1. The maximum absolute atomic E-state index is 12.9. The highest BCUT2D eigenvalue weighted by Crippen LogP contribution is 2.32. The van der Waals surface area contributed by atoms with Gasteiger partial charge in [0.1, 0.15) is 35.6 Å². The molecule has 260 valence electrons. The maximum Gasteiger partial charge on any atom is 0.237 e. The number of methoxy groups -OCH3 is 1. The number of nitrogens with zero attached hydrogens (tertiary/aromatic N) is 2. The first-order valence-electron chi connectivity index (χ1n) is 16.2. The average Bonchev–Trinajstić information content (AvgIpc) is 3.41. The minimum atomic E-state index is -1.36. The number of carbonyl (C=O) groups is 1. The molecule has 0 bridgehead atoms. The van der Waals surface area contributed by atoms with E-state index >= 15 is 0 Å². The standard InChI is InChI=1S/C18H33ClN2O5S.C15H21N3O/c1-5-6-10-7-11(21(3)8-10)17(25)20-12(9(2)19)16-14(23)13(22)15(24)18(26-16)27-4;1-11(5-3-7-16)18-14-10-13(19-2)9-12-6-4-8-17-15(12)14/h9-16,18,22-24H,5-8H2,1-4H3,(H,20,25);4,6,8-11,18H,3,5,7,16H2,1-2H3/t9-,10+,11-,12+,13-,14+,15+,16+,18+;/m0./s1. The Labute approximate surface area is 282 Å². The van der Waals surface area contributed by atoms with Gasteiger partial charge in [-0.1, -0.05) is 19.4 Å². The van der Waals surface area contributed by atoms with Crippen LogP contribution in [0.25, 0.3) is 10.9 Å². The molecule has 2 aromatic rings. The molecule has 10 atom stereocenters. The van der Waals surface area contributed by atoms with Gasteiger partial charge in [-0.3, -0.25) is 14.7 Å². The van der Waals surface area contributed by atoms with Crippen molar-refractivity contribution in [3.63, 3.8) is 0 Å². The Kier molecular flexibility index (Phi) is 15.6. The number of halogens is 1. The third-order valence-corrected chi connectivity index (χ3v) is 9.91. The fourth-order valence-electron chi connectivity index (χ4n) is 6.27. The second-order valence-electron chi connectivity index (χ2n) is 12.5. The smallest absolute Gasteiger partial charge is 0.237 e. The summed E-state index contributed by atoms with van der Waals surface area (Å²) in [6.45, 7) is 7.62. The van der Waals surface area contributed by atoms with Gasteiger partial charge >= 0.3 is 0 Å². The van der Waals surface area contributed by atoms with Crippen LogP contribution in [-0.4, -0.2) is 118 Å². The van der Waals surface area contributed by atoms with Crippen LogP contribution in [0, 0.1) is 5.92 Å². The van der Waals surface area contributed by atoms with E-state index in [0.29, 0.717) is 12.0 Å². The lowest BCUT2D eigenvalue weighted by Crippen LogP contribution is -2.65. The summed E-state index contributed by atoms with van der Waals surface area (Å²) in [7, 11) is 3.62. The first-order chi connectivity index (χ1) is 21.9. The highest BCUT2D eigenvalue weighted by Gasteiger charge is 2.48. The minimum absolute atomic E-state index is 0.147. The number of hydrogen-bond donors (Lipinski definition) is 6. The number of pyridine rings is 1. The van der Waals surface area contributed by atoms with Gasteiger partial charge < -0.3 is 41.2 Å². The van der Waals surface area contributed by atoms with E-state index < -0.39 is 41.3 Å². The topological polar surface area (TPSA) is 162 Å². The Morgan fingerprint density at radius 3 is 2.63 bits per heavy atom. The lowest BCUT2D eigenvalue weighted by molar-refractivity contribution is -0.205. The summed E-state index contributed by atoms with van der Waals surface area (Å²) in [6.07, 6.45) is 3.77. The predicted octanol–water partition coefficient (Wildman–Crippen LogP) is 3.17. The molecule has 2 fully saturated rings. The number of ether oxygens (including phenoxy) is 2. The molecule has 1 unspecified atom stereocenters.